The van der Waals surface area contributed by atoms with Gasteiger partial charge in [0, 0.05) is 12.0 Å². The van der Waals surface area contributed by atoms with Crippen molar-refractivity contribution in [2.45, 2.75) is 39.4 Å². The van der Waals surface area contributed by atoms with Crippen LogP contribution in [0.4, 0.5) is 0 Å². The fraction of sp³-hybridized carbons (Fsp3) is 1.00. The van der Waals surface area contributed by atoms with Crippen molar-refractivity contribution in [1.29, 1.82) is 0 Å². The third-order valence-electron chi connectivity index (χ3n) is 1.40. The maximum absolute atomic E-state index is 3.88. The number of hydrogen-bond donors (Lipinski definition) is 0. The van der Waals surface area contributed by atoms with Crippen LogP contribution in [0.1, 0.15) is 27.7 Å². The molecule has 0 saturated heterocycles. The standard InChI is InChI=1S/C6H13N4/c1-5-7-8-9-10(5)6(2,3)4/h5H,1-4H3/q+1. The van der Waals surface area contributed by atoms with Crippen molar-refractivity contribution >= 4 is 0 Å². The van der Waals surface area contributed by atoms with Gasteiger partial charge in [0.15, 0.2) is 5.22 Å². The predicted molar refractivity (Wildman–Crippen MR) is 36.8 cm³/mol. The Labute approximate surface area is 60.6 Å². The molecule has 0 saturated carbocycles. The van der Waals surface area contributed by atoms with E-state index in [1.807, 2.05) is 11.6 Å². The van der Waals surface area contributed by atoms with Crippen molar-refractivity contribution in [1.82, 2.24) is 0 Å². The van der Waals surface area contributed by atoms with E-state index in [9.17, 15) is 0 Å². The number of nitrogens with zero attached hydrogens (tertiary/aromatic N) is 4. The van der Waals surface area contributed by atoms with E-state index in [1.165, 1.54) is 0 Å². The van der Waals surface area contributed by atoms with Gasteiger partial charge in [0.1, 0.15) is 5.54 Å². The molecule has 0 aromatic heterocycles. The van der Waals surface area contributed by atoms with Crippen LogP contribution in [0, 0.1) is 0 Å². The monoisotopic (exact) mass is 141 g/mol. The van der Waals surface area contributed by atoms with Gasteiger partial charge in [-0.3, -0.25) is 0 Å². The van der Waals surface area contributed by atoms with Gasteiger partial charge in [0.05, 0.1) is 0 Å². The van der Waals surface area contributed by atoms with Crippen molar-refractivity contribution in [2.24, 2.45) is 15.6 Å². The molecule has 1 rings (SSSR count). The van der Waals surface area contributed by atoms with Gasteiger partial charge in [-0.1, -0.05) is 0 Å². The van der Waals surface area contributed by atoms with E-state index in [4.69, 9.17) is 0 Å². The second kappa shape index (κ2) is 2.11. The van der Waals surface area contributed by atoms with Crippen LogP contribution in [-0.2, 0) is 0 Å². The van der Waals surface area contributed by atoms with Gasteiger partial charge in [-0.2, -0.15) is 0 Å². The maximum Gasteiger partial charge on any atom is 0.250 e. The summed E-state index contributed by atoms with van der Waals surface area (Å²) >= 11 is 0. The fourth-order valence-corrected chi connectivity index (χ4v) is 0.959. The molecule has 4 heteroatoms. The lowest BCUT2D eigenvalue weighted by molar-refractivity contribution is -0.675. The predicted octanol–water partition coefficient (Wildman–Crippen LogP) is 1.98. The minimum absolute atomic E-state index is 0.0307. The lowest BCUT2D eigenvalue weighted by Gasteiger charge is -2.16. The molecule has 1 heterocycles. The molecule has 0 radical (unpaired) electrons. The van der Waals surface area contributed by atoms with E-state index in [0.717, 1.165) is 0 Å². The fourth-order valence-electron chi connectivity index (χ4n) is 0.959. The minimum Gasteiger partial charge on any atom is -0.131 e. The Kier molecular flexibility index (Phi) is 1.54. The first kappa shape index (κ1) is 7.31. The highest BCUT2D eigenvalue weighted by atomic mass is 15.6. The van der Waals surface area contributed by atoms with Crippen LogP contribution >= 0.6 is 0 Å². The zero-order valence-electron chi connectivity index (χ0n) is 6.87. The highest BCUT2D eigenvalue weighted by Crippen LogP contribution is 2.16. The smallest absolute Gasteiger partial charge is 0.131 e. The largest absolute Gasteiger partial charge is 0.250 e. The second-order valence-corrected chi connectivity index (χ2v) is 3.44. The van der Waals surface area contributed by atoms with Crippen molar-refractivity contribution in [2.75, 3.05) is 0 Å². The van der Waals surface area contributed by atoms with E-state index in [2.05, 4.69) is 36.3 Å². The molecule has 0 amide bonds. The number of rotatable bonds is 0. The summed E-state index contributed by atoms with van der Waals surface area (Å²) in [5.41, 5.74) is 0.0307. The molecule has 1 aliphatic heterocycles. The summed E-state index contributed by atoms with van der Waals surface area (Å²) in [5, 5.41) is 11.3. The van der Waals surface area contributed by atoms with Crippen LogP contribution in [0.25, 0.3) is 0 Å². The molecular formula is C6H13N4+. The van der Waals surface area contributed by atoms with Crippen LogP contribution in [0.5, 0.6) is 0 Å². The molecule has 0 aromatic rings. The Morgan fingerprint density at radius 3 is 2.10 bits per heavy atom. The Morgan fingerprint density at radius 2 is 1.90 bits per heavy atom. The first-order chi connectivity index (χ1) is 4.52. The van der Waals surface area contributed by atoms with E-state index >= 15 is 0 Å². The third kappa shape index (κ3) is 1.20. The van der Waals surface area contributed by atoms with Crippen LogP contribution in [0.3, 0.4) is 0 Å². The minimum atomic E-state index is 0.0307. The van der Waals surface area contributed by atoms with Crippen molar-refractivity contribution < 1.29 is 4.70 Å². The molecule has 1 unspecified atom stereocenters. The van der Waals surface area contributed by atoms with Gasteiger partial charge in [-0.25, -0.2) is 0 Å². The zero-order chi connectivity index (χ0) is 7.78. The second-order valence-electron chi connectivity index (χ2n) is 3.44. The molecule has 0 fully saturated rings. The van der Waals surface area contributed by atoms with Gasteiger partial charge >= 0.3 is 0 Å². The van der Waals surface area contributed by atoms with E-state index < -0.39 is 0 Å². The van der Waals surface area contributed by atoms with Gasteiger partial charge in [0.25, 0.3) is 6.17 Å². The lowest BCUT2D eigenvalue weighted by Crippen LogP contribution is -2.35. The van der Waals surface area contributed by atoms with E-state index in [1.54, 1.807) is 0 Å². The summed E-state index contributed by atoms with van der Waals surface area (Å²) in [6, 6.07) is 0. The molecule has 10 heavy (non-hydrogen) atoms. The van der Waals surface area contributed by atoms with Crippen LogP contribution in [0.15, 0.2) is 15.6 Å². The summed E-state index contributed by atoms with van der Waals surface area (Å²) in [6.45, 7) is 8.24. The Balaban J connectivity index is 2.78. The Morgan fingerprint density at radius 1 is 1.30 bits per heavy atom. The molecule has 0 spiro atoms. The summed E-state index contributed by atoms with van der Waals surface area (Å²) in [7, 11) is 0. The average Bonchev–Trinajstić information content (AvgIpc) is 2.11. The molecule has 0 bridgehead atoms. The highest BCUT2D eigenvalue weighted by molar-refractivity contribution is 4.58. The molecule has 1 aliphatic rings. The average molecular weight is 141 g/mol. The highest BCUT2D eigenvalue weighted by Gasteiger charge is 2.31. The molecule has 0 N–H and O–H groups in total. The normalized spacial score (nSPS) is 25.2. The molecular weight excluding hydrogens is 128 g/mol. The van der Waals surface area contributed by atoms with Crippen LogP contribution in [0.2, 0.25) is 0 Å². The van der Waals surface area contributed by atoms with Gasteiger partial charge in [-0.05, 0) is 20.8 Å². The topological polar surface area (TPSA) is 40.1 Å². The van der Waals surface area contributed by atoms with Crippen molar-refractivity contribution in [3.8, 4) is 0 Å². The van der Waals surface area contributed by atoms with Crippen molar-refractivity contribution in [3.05, 3.63) is 0 Å². The first-order valence-electron chi connectivity index (χ1n) is 3.42. The molecule has 0 aliphatic carbocycles. The summed E-state index contributed by atoms with van der Waals surface area (Å²) < 4.78 is 1.88. The van der Waals surface area contributed by atoms with E-state index in [-0.39, 0.29) is 11.7 Å². The molecule has 56 valence electrons. The molecule has 0 aromatic carbocycles. The first-order valence-corrected chi connectivity index (χ1v) is 3.42. The molecule has 1 atom stereocenters. The Hall–Kier alpha value is -0.800. The summed E-state index contributed by atoms with van der Waals surface area (Å²) in [5.74, 6) is 0. The summed E-state index contributed by atoms with van der Waals surface area (Å²) in [4.78, 5) is 0. The SMILES string of the molecule is CC1N=NN=[N+]1C(C)(C)C. The zero-order valence-corrected chi connectivity index (χ0v) is 6.87. The number of hydrogen-bond acceptors (Lipinski definition) is 3. The quantitative estimate of drug-likeness (QED) is 0.463. The van der Waals surface area contributed by atoms with Crippen LogP contribution < -0.4 is 0 Å². The third-order valence-corrected chi connectivity index (χ3v) is 1.40. The molecule has 4 nitrogen and oxygen atoms in total. The van der Waals surface area contributed by atoms with Crippen LogP contribution in [-0.4, -0.2) is 16.4 Å². The van der Waals surface area contributed by atoms with Gasteiger partial charge in [-0.15, -0.1) is 4.70 Å². The van der Waals surface area contributed by atoms with Crippen molar-refractivity contribution in [3.63, 3.8) is 0 Å². The maximum atomic E-state index is 3.88. The van der Waals surface area contributed by atoms with E-state index in [0.29, 0.717) is 0 Å². The Bertz CT molecular complexity index is 186. The lowest BCUT2D eigenvalue weighted by atomic mass is 10.1. The van der Waals surface area contributed by atoms with Gasteiger partial charge < -0.3 is 0 Å². The summed E-state index contributed by atoms with van der Waals surface area (Å²) in [6.07, 6.45) is 0.0972. The van der Waals surface area contributed by atoms with Gasteiger partial charge in [0.2, 0.25) is 5.22 Å².